The van der Waals surface area contributed by atoms with E-state index in [9.17, 15) is 9.59 Å². The molecule has 1 N–H and O–H groups in total. The highest BCUT2D eigenvalue weighted by Gasteiger charge is 2.36. The van der Waals surface area contributed by atoms with Crippen LogP contribution in [0, 0.1) is 5.92 Å². The first-order chi connectivity index (χ1) is 8.39. The van der Waals surface area contributed by atoms with Crippen LogP contribution in [0.2, 0.25) is 0 Å². The molecule has 0 radical (unpaired) electrons. The first-order valence-electron chi connectivity index (χ1n) is 6.30. The lowest BCUT2D eigenvalue weighted by Crippen LogP contribution is -2.51. The van der Waals surface area contributed by atoms with Gasteiger partial charge in [0.05, 0.1) is 5.92 Å². The number of aliphatic carboxylic acids is 1. The maximum atomic E-state index is 12.3. The fourth-order valence-corrected chi connectivity index (χ4v) is 3.63. The molecule has 0 spiro atoms. The second kappa shape index (κ2) is 4.99. The van der Waals surface area contributed by atoms with E-state index in [4.69, 9.17) is 5.11 Å². The number of carboxylic acids is 1. The Balaban J connectivity index is 1.94. The Bertz CT molecular complexity index is 359. The van der Waals surface area contributed by atoms with Gasteiger partial charge in [0.2, 0.25) is 0 Å². The molecule has 0 aliphatic carbocycles. The lowest BCUT2D eigenvalue weighted by Gasteiger charge is -2.39. The Labute approximate surface area is 112 Å². The number of hydrogen-bond donors (Lipinski definition) is 1. The van der Waals surface area contributed by atoms with Gasteiger partial charge in [0.1, 0.15) is 0 Å². The topological polar surface area (TPSA) is 60.9 Å². The van der Waals surface area contributed by atoms with Gasteiger partial charge in [-0.25, -0.2) is 4.79 Å². The van der Waals surface area contributed by atoms with Gasteiger partial charge >= 0.3 is 12.0 Å². The average molecular weight is 272 g/mol. The third-order valence-electron chi connectivity index (χ3n) is 3.50. The quantitative estimate of drug-likeness (QED) is 0.782. The minimum absolute atomic E-state index is 0.00660. The van der Waals surface area contributed by atoms with Crippen LogP contribution in [0.5, 0.6) is 0 Å². The number of carbonyl (C=O) groups is 2. The predicted molar refractivity (Wildman–Crippen MR) is 70.8 cm³/mol. The molecule has 2 fully saturated rings. The van der Waals surface area contributed by atoms with Gasteiger partial charge in [-0.05, 0) is 20.3 Å². The molecule has 18 heavy (non-hydrogen) atoms. The van der Waals surface area contributed by atoms with Crippen LogP contribution in [0.15, 0.2) is 0 Å². The zero-order valence-electron chi connectivity index (χ0n) is 10.9. The Morgan fingerprint density at radius 1 is 1.28 bits per heavy atom. The van der Waals surface area contributed by atoms with Crippen molar-refractivity contribution in [1.29, 1.82) is 0 Å². The van der Waals surface area contributed by atoms with Crippen molar-refractivity contribution in [2.24, 2.45) is 5.92 Å². The summed E-state index contributed by atoms with van der Waals surface area (Å²) in [5.41, 5.74) is 0. The summed E-state index contributed by atoms with van der Waals surface area (Å²) < 4.78 is 0.0971. The maximum absolute atomic E-state index is 12.3. The standard InChI is InChI=1S/C12H20N2O3S/c1-12(2)8-14(5-6-18-12)11(17)13-4-3-9(7-13)10(15)16/h9H,3-8H2,1-2H3,(H,15,16). The molecule has 2 rings (SSSR count). The molecule has 0 saturated carbocycles. The van der Waals surface area contributed by atoms with Gasteiger partial charge in [-0.2, -0.15) is 11.8 Å². The van der Waals surface area contributed by atoms with Crippen LogP contribution in [0.1, 0.15) is 20.3 Å². The minimum atomic E-state index is -0.792. The van der Waals surface area contributed by atoms with Gasteiger partial charge in [-0.15, -0.1) is 0 Å². The smallest absolute Gasteiger partial charge is 0.320 e. The number of hydrogen-bond acceptors (Lipinski definition) is 3. The number of rotatable bonds is 1. The summed E-state index contributed by atoms with van der Waals surface area (Å²) in [7, 11) is 0. The number of amides is 2. The molecule has 2 heterocycles. The Morgan fingerprint density at radius 3 is 2.56 bits per heavy atom. The fourth-order valence-electron chi connectivity index (χ4n) is 2.52. The van der Waals surface area contributed by atoms with Crippen molar-refractivity contribution in [2.75, 3.05) is 31.9 Å². The molecule has 0 aromatic heterocycles. The third-order valence-corrected chi connectivity index (χ3v) is 4.80. The number of likely N-dealkylation sites (tertiary alicyclic amines) is 1. The van der Waals surface area contributed by atoms with Crippen molar-refractivity contribution in [3.63, 3.8) is 0 Å². The van der Waals surface area contributed by atoms with Crippen LogP contribution in [0.3, 0.4) is 0 Å². The van der Waals surface area contributed by atoms with Crippen molar-refractivity contribution >= 4 is 23.8 Å². The molecule has 1 atom stereocenters. The van der Waals surface area contributed by atoms with Crippen LogP contribution in [0.4, 0.5) is 4.79 Å². The second-order valence-corrected chi connectivity index (χ2v) is 7.38. The van der Waals surface area contributed by atoms with E-state index in [1.165, 1.54) is 0 Å². The largest absolute Gasteiger partial charge is 0.481 e. The average Bonchev–Trinajstić information content (AvgIpc) is 2.76. The molecular weight excluding hydrogens is 252 g/mol. The van der Waals surface area contributed by atoms with Gasteiger partial charge < -0.3 is 14.9 Å². The summed E-state index contributed by atoms with van der Waals surface area (Å²) in [5, 5.41) is 8.95. The lowest BCUT2D eigenvalue weighted by molar-refractivity contribution is -0.141. The highest BCUT2D eigenvalue weighted by atomic mass is 32.2. The van der Waals surface area contributed by atoms with E-state index >= 15 is 0 Å². The molecule has 0 aromatic rings. The summed E-state index contributed by atoms with van der Waals surface area (Å²) in [4.78, 5) is 26.7. The van der Waals surface area contributed by atoms with Crippen LogP contribution in [-0.4, -0.2) is 63.6 Å². The molecule has 5 nitrogen and oxygen atoms in total. The van der Waals surface area contributed by atoms with Gasteiger partial charge in [-0.3, -0.25) is 4.79 Å². The molecule has 6 heteroatoms. The normalized spacial score (nSPS) is 27.3. The molecule has 2 aliphatic heterocycles. The maximum Gasteiger partial charge on any atom is 0.320 e. The zero-order chi connectivity index (χ0) is 13.3. The Morgan fingerprint density at radius 2 is 2.00 bits per heavy atom. The molecule has 0 bridgehead atoms. The van der Waals surface area contributed by atoms with E-state index in [1.807, 2.05) is 16.7 Å². The van der Waals surface area contributed by atoms with Gasteiger partial charge in [0.25, 0.3) is 0 Å². The van der Waals surface area contributed by atoms with Gasteiger partial charge in [0.15, 0.2) is 0 Å². The lowest BCUT2D eigenvalue weighted by atomic mass is 10.1. The number of carboxylic acid groups (broad SMARTS) is 1. The highest BCUT2D eigenvalue weighted by Crippen LogP contribution is 2.30. The Hall–Kier alpha value is -0.910. The first kappa shape index (κ1) is 13.5. The van der Waals surface area contributed by atoms with E-state index in [0.717, 1.165) is 18.8 Å². The molecule has 1 unspecified atom stereocenters. The summed E-state index contributed by atoms with van der Waals surface area (Å²) in [5.74, 6) is -0.226. The van der Waals surface area contributed by atoms with E-state index in [0.29, 0.717) is 19.5 Å². The predicted octanol–water partition coefficient (Wildman–Crippen LogP) is 1.34. The number of thioether (sulfide) groups is 1. The van der Waals surface area contributed by atoms with Crippen LogP contribution in [0.25, 0.3) is 0 Å². The molecule has 0 aromatic carbocycles. The summed E-state index contributed by atoms with van der Waals surface area (Å²) in [6.45, 7) is 6.71. The molecule has 2 amide bonds. The van der Waals surface area contributed by atoms with Gasteiger partial charge in [0, 0.05) is 36.7 Å². The minimum Gasteiger partial charge on any atom is -0.481 e. The number of nitrogens with zero attached hydrogens (tertiary/aromatic N) is 2. The zero-order valence-corrected chi connectivity index (χ0v) is 11.7. The van der Waals surface area contributed by atoms with Crippen LogP contribution < -0.4 is 0 Å². The van der Waals surface area contributed by atoms with Crippen molar-refractivity contribution in [1.82, 2.24) is 9.80 Å². The molecule has 2 saturated heterocycles. The van der Waals surface area contributed by atoms with E-state index in [2.05, 4.69) is 13.8 Å². The van der Waals surface area contributed by atoms with Gasteiger partial charge in [-0.1, -0.05) is 0 Å². The van der Waals surface area contributed by atoms with E-state index in [-0.39, 0.29) is 16.7 Å². The second-order valence-electron chi connectivity index (χ2n) is 5.58. The summed E-state index contributed by atoms with van der Waals surface area (Å²) >= 11 is 1.88. The monoisotopic (exact) mass is 272 g/mol. The summed E-state index contributed by atoms with van der Waals surface area (Å²) in [6, 6.07) is 0.00660. The number of carbonyl (C=O) groups excluding carboxylic acids is 1. The highest BCUT2D eigenvalue weighted by molar-refractivity contribution is 8.00. The van der Waals surface area contributed by atoms with Crippen molar-refractivity contribution in [2.45, 2.75) is 25.0 Å². The molecule has 102 valence electrons. The molecule has 2 aliphatic rings. The SMILES string of the molecule is CC1(C)CN(C(=O)N2CCC(C(=O)O)C2)CCS1. The number of urea groups is 1. The third kappa shape index (κ3) is 2.91. The van der Waals surface area contributed by atoms with E-state index in [1.54, 1.807) is 4.90 Å². The van der Waals surface area contributed by atoms with Crippen molar-refractivity contribution in [3.05, 3.63) is 0 Å². The van der Waals surface area contributed by atoms with Crippen molar-refractivity contribution in [3.8, 4) is 0 Å². The first-order valence-corrected chi connectivity index (χ1v) is 7.28. The van der Waals surface area contributed by atoms with Crippen molar-refractivity contribution < 1.29 is 14.7 Å². The molecular formula is C12H20N2O3S. The van der Waals surface area contributed by atoms with Crippen LogP contribution >= 0.6 is 11.8 Å². The fraction of sp³-hybridized carbons (Fsp3) is 0.833. The summed E-state index contributed by atoms with van der Waals surface area (Å²) in [6.07, 6.45) is 0.576. The van der Waals surface area contributed by atoms with E-state index < -0.39 is 5.97 Å². The Kier molecular flexibility index (Phi) is 3.75. The van der Waals surface area contributed by atoms with Crippen LogP contribution in [-0.2, 0) is 4.79 Å².